The van der Waals surface area contributed by atoms with E-state index in [1.807, 2.05) is 60.3 Å². The zero-order valence-corrected chi connectivity index (χ0v) is 15.5. The van der Waals surface area contributed by atoms with Crippen LogP contribution in [0.1, 0.15) is 35.1 Å². The zero-order valence-electron chi connectivity index (χ0n) is 15.5. The number of pyridine rings is 1. The third-order valence-electron chi connectivity index (χ3n) is 4.90. The predicted molar refractivity (Wildman–Crippen MR) is 103 cm³/mol. The molecule has 3 heterocycles. The lowest BCUT2D eigenvalue weighted by Crippen LogP contribution is -2.31. The van der Waals surface area contributed by atoms with Crippen LogP contribution in [0.2, 0.25) is 0 Å². The van der Waals surface area contributed by atoms with Crippen LogP contribution < -0.4 is 4.90 Å². The fourth-order valence-electron chi connectivity index (χ4n) is 3.42. The summed E-state index contributed by atoms with van der Waals surface area (Å²) < 4.78 is 0. The molecule has 0 bridgehead atoms. The molecule has 138 valence electrons. The summed E-state index contributed by atoms with van der Waals surface area (Å²) in [6.07, 6.45) is 5.27. The van der Waals surface area contributed by atoms with E-state index in [0.717, 1.165) is 36.5 Å². The number of hydrogen-bond donors (Lipinski definition) is 1. The number of likely N-dealkylation sites (tertiary alicyclic amines) is 1. The topological polar surface area (TPSA) is 78.0 Å². The van der Waals surface area contributed by atoms with E-state index in [9.17, 15) is 4.79 Å². The van der Waals surface area contributed by atoms with Gasteiger partial charge in [0.05, 0.1) is 6.04 Å². The molecular formula is C20H22N6O. The van der Waals surface area contributed by atoms with Crippen molar-refractivity contribution < 1.29 is 4.79 Å². The number of benzene rings is 1. The summed E-state index contributed by atoms with van der Waals surface area (Å²) in [5.74, 6) is 1.39. The number of hydrogen-bond acceptors (Lipinski definition) is 5. The van der Waals surface area contributed by atoms with Gasteiger partial charge in [-0.2, -0.15) is 5.10 Å². The van der Waals surface area contributed by atoms with Gasteiger partial charge in [-0.3, -0.25) is 14.9 Å². The van der Waals surface area contributed by atoms with Gasteiger partial charge in [-0.05, 0) is 49.2 Å². The van der Waals surface area contributed by atoms with Crippen molar-refractivity contribution in [3.63, 3.8) is 0 Å². The maximum Gasteiger partial charge on any atom is 0.254 e. The van der Waals surface area contributed by atoms with E-state index in [1.54, 1.807) is 12.4 Å². The highest BCUT2D eigenvalue weighted by Gasteiger charge is 2.33. The Morgan fingerprint density at radius 3 is 2.59 bits per heavy atom. The van der Waals surface area contributed by atoms with E-state index in [1.165, 1.54) is 0 Å². The fourth-order valence-corrected chi connectivity index (χ4v) is 3.42. The van der Waals surface area contributed by atoms with Crippen molar-refractivity contribution in [2.75, 3.05) is 25.5 Å². The molecule has 2 aromatic heterocycles. The van der Waals surface area contributed by atoms with Gasteiger partial charge in [-0.15, -0.1) is 0 Å². The van der Waals surface area contributed by atoms with E-state index in [4.69, 9.17) is 0 Å². The van der Waals surface area contributed by atoms with Gasteiger partial charge in [-0.25, -0.2) is 4.98 Å². The van der Waals surface area contributed by atoms with E-state index < -0.39 is 0 Å². The number of nitrogens with one attached hydrogen (secondary N) is 1. The third kappa shape index (κ3) is 3.40. The molecule has 7 heteroatoms. The molecule has 1 amide bonds. The molecule has 0 radical (unpaired) electrons. The Labute approximate surface area is 158 Å². The Balaban J connectivity index is 1.55. The van der Waals surface area contributed by atoms with Crippen LogP contribution in [0, 0.1) is 0 Å². The molecule has 4 rings (SSSR count). The summed E-state index contributed by atoms with van der Waals surface area (Å²) in [4.78, 5) is 25.6. The Hall–Kier alpha value is -3.22. The average molecular weight is 362 g/mol. The number of anilines is 1. The second-order valence-electron chi connectivity index (χ2n) is 6.88. The van der Waals surface area contributed by atoms with E-state index in [-0.39, 0.29) is 11.9 Å². The van der Waals surface area contributed by atoms with E-state index in [2.05, 4.69) is 20.2 Å². The number of nitrogens with zero attached hydrogens (tertiary/aromatic N) is 5. The maximum absolute atomic E-state index is 13.0. The number of amides is 1. The molecule has 7 nitrogen and oxygen atoms in total. The van der Waals surface area contributed by atoms with Crippen LogP contribution in [0.3, 0.4) is 0 Å². The highest BCUT2D eigenvalue weighted by molar-refractivity contribution is 5.95. The highest BCUT2D eigenvalue weighted by Crippen LogP contribution is 2.32. The van der Waals surface area contributed by atoms with Crippen molar-refractivity contribution >= 4 is 11.6 Å². The molecule has 1 saturated heterocycles. The van der Waals surface area contributed by atoms with Crippen LogP contribution in [0.4, 0.5) is 5.69 Å². The smallest absolute Gasteiger partial charge is 0.254 e. The van der Waals surface area contributed by atoms with Crippen molar-refractivity contribution in [2.24, 2.45) is 0 Å². The molecule has 0 saturated carbocycles. The maximum atomic E-state index is 13.0. The van der Waals surface area contributed by atoms with Gasteiger partial charge in [0.15, 0.2) is 5.82 Å². The number of aromatic amines is 1. The van der Waals surface area contributed by atoms with Crippen molar-refractivity contribution in [2.45, 2.75) is 18.9 Å². The van der Waals surface area contributed by atoms with E-state index >= 15 is 0 Å². The first-order valence-corrected chi connectivity index (χ1v) is 9.04. The second kappa shape index (κ2) is 7.19. The van der Waals surface area contributed by atoms with Crippen molar-refractivity contribution in [1.29, 1.82) is 0 Å². The quantitative estimate of drug-likeness (QED) is 0.772. The summed E-state index contributed by atoms with van der Waals surface area (Å²) in [6.45, 7) is 0.726. The number of carbonyl (C=O) groups excluding carboxylic acids is 1. The van der Waals surface area contributed by atoms with Gasteiger partial charge in [0, 0.05) is 49.8 Å². The lowest BCUT2D eigenvalue weighted by atomic mass is 10.1. The standard InChI is InChI=1S/C20H22N6O/c1-25(2)16-7-5-15(6-8-16)20(27)26-13-3-4-17(26)19-22-18(23-24-19)14-9-11-21-12-10-14/h5-12,17H,3-4,13H2,1-2H3,(H,22,23,24)/t17-/m0/s1. The Morgan fingerprint density at radius 2 is 1.89 bits per heavy atom. The lowest BCUT2D eigenvalue weighted by molar-refractivity contribution is 0.0730. The summed E-state index contributed by atoms with van der Waals surface area (Å²) in [6, 6.07) is 11.4. The summed E-state index contributed by atoms with van der Waals surface area (Å²) >= 11 is 0. The van der Waals surface area contributed by atoms with Crippen LogP contribution in [-0.4, -0.2) is 51.6 Å². The molecule has 0 spiro atoms. The van der Waals surface area contributed by atoms with Crippen molar-refractivity contribution in [1.82, 2.24) is 25.1 Å². The SMILES string of the molecule is CN(C)c1ccc(C(=O)N2CCC[C@H]2c2nc(-c3ccncc3)n[nH]2)cc1. The van der Waals surface area contributed by atoms with Crippen LogP contribution in [-0.2, 0) is 0 Å². The van der Waals surface area contributed by atoms with Gasteiger partial charge >= 0.3 is 0 Å². The number of H-pyrrole nitrogens is 1. The minimum Gasteiger partial charge on any atom is -0.378 e. The molecule has 27 heavy (non-hydrogen) atoms. The van der Waals surface area contributed by atoms with Gasteiger partial charge in [0.1, 0.15) is 5.82 Å². The molecule has 1 atom stereocenters. The first-order valence-electron chi connectivity index (χ1n) is 9.04. The fraction of sp³-hybridized carbons (Fsp3) is 0.300. The van der Waals surface area contributed by atoms with Crippen molar-refractivity contribution in [3.8, 4) is 11.4 Å². The minimum absolute atomic E-state index is 0.0321. The number of carbonyl (C=O) groups is 1. The van der Waals surface area contributed by atoms with Crippen LogP contribution in [0.5, 0.6) is 0 Å². The number of rotatable bonds is 4. The molecular weight excluding hydrogens is 340 g/mol. The van der Waals surface area contributed by atoms with Crippen LogP contribution >= 0.6 is 0 Å². The largest absolute Gasteiger partial charge is 0.378 e. The van der Waals surface area contributed by atoms with Crippen LogP contribution in [0.15, 0.2) is 48.8 Å². The minimum atomic E-state index is -0.0749. The summed E-state index contributed by atoms with van der Waals surface area (Å²) in [5, 5.41) is 7.35. The molecule has 0 unspecified atom stereocenters. The first-order chi connectivity index (χ1) is 13.1. The monoisotopic (exact) mass is 362 g/mol. The Kier molecular flexibility index (Phi) is 4.58. The predicted octanol–water partition coefficient (Wildman–Crippen LogP) is 2.91. The summed E-state index contributed by atoms with van der Waals surface area (Å²) in [5.41, 5.74) is 2.67. The molecule has 1 fully saturated rings. The molecule has 1 aromatic carbocycles. The Bertz CT molecular complexity index is 919. The lowest BCUT2D eigenvalue weighted by Gasteiger charge is -2.23. The normalized spacial score (nSPS) is 16.5. The highest BCUT2D eigenvalue weighted by atomic mass is 16.2. The molecule has 0 aliphatic carbocycles. The zero-order chi connectivity index (χ0) is 18.8. The van der Waals surface area contributed by atoms with Crippen LogP contribution in [0.25, 0.3) is 11.4 Å². The van der Waals surface area contributed by atoms with Gasteiger partial charge < -0.3 is 9.80 Å². The third-order valence-corrected chi connectivity index (χ3v) is 4.90. The summed E-state index contributed by atoms with van der Waals surface area (Å²) in [7, 11) is 3.97. The molecule has 3 aromatic rings. The molecule has 1 aliphatic heterocycles. The molecule has 1 aliphatic rings. The molecule has 1 N–H and O–H groups in total. The second-order valence-corrected chi connectivity index (χ2v) is 6.88. The number of aromatic nitrogens is 4. The Morgan fingerprint density at radius 1 is 1.15 bits per heavy atom. The van der Waals surface area contributed by atoms with Gasteiger partial charge in [0.2, 0.25) is 0 Å². The van der Waals surface area contributed by atoms with Gasteiger partial charge in [0.25, 0.3) is 5.91 Å². The van der Waals surface area contributed by atoms with Gasteiger partial charge in [-0.1, -0.05) is 0 Å². The van der Waals surface area contributed by atoms with Crippen molar-refractivity contribution in [3.05, 3.63) is 60.2 Å². The average Bonchev–Trinajstić information content (AvgIpc) is 3.37. The van der Waals surface area contributed by atoms with E-state index in [0.29, 0.717) is 11.4 Å². The first kappa shape index (κ1) is 17.2.